The number of anilines is 1. The average molecular weight is 371 g/mol. The Morgan fingerprint density at radius 1 is 1.48 bits per heavy atom. The lowest BCUT2D eigenvalue weighted by molar-refractivity contribution is -0.387. The van der Waals surface area contributed by atoms with Crippen LogP contribution in [0.1, 0.15) is 12.5 Å². The zero-order chi connectivity index (χ0) is 16.4. The van der Waals surface area contributed by atoms with Crippen molar-refractivity contribution in [1.82, 2.24) is 0 Å². The lowest BCUT2D eigenvalue weighted by atomic mass is 10.1. The molecular formula is C11H10BrF3N2O4. The standard InChI is InChI=1S/C11H10BrF3N2O4/c1-10(19,5-12)9(18)16-7-4-2-3-6(11(13,14)15)8(7)17(20)21/h2-4,19H,5H2,1H3,(H,16,18). The van der Waals surface area contributed by atoms with Gasteiger partial charge >= 0.3 is 11.9 Å². The second-order valence-electron chi connectivity index (χ2n) is 4.32. The van der Waals surface area contributed by atoms with Crippen molar-refractivity contribution in [3.8, 4) is 0 Å². The number of aliphatic hydroxyl groups is 1. The molecule has 1 rings (SSSR count). The molecule has 0 radical (unpaired) electrons. The third-order valence-corrected chi connectivity index (χ3v) is 3.61. The van der Waals surface area contributed by atoms with E-state index in [2.05, 4.69) is 15.9 Å². The summed E-state index contributed by atoms with van der Waals surface area (Å²) in [5, 5.41) is 22.3. The van der Waals surface area contributed by atoms with Crippen LogP contribution in [0, 0.1) is 10.1 Å². The maximum atomic E-state index is 12.8. The first-order chi connectivity index (χ1) is 9.50. The van der Waals surface area contributed by atoms with Crippen LogP contribution in [0.25, 0.3) is 0 Å². The second-order valence-corrected chi connectivity index (χ2v) is 4.88. The van der Waals surface area contributed by atoms with E-state index in [0.717, 1.165) is 19.1 Å². The number of benzene rings is 1. The second kappa shape index (κ2) is 5.98. The minimum atomic E-state index is -4.94. The molecule has 0 saturated carbocycles. The smallest absolute Gasteiger partial charge is 0.379 e. The van der Waals surface area contributed by atoms with Crippen LogP contribution in [0.5, 0.6) is 0 Å². The van der Waals surface area contributed by atoms with E-state index in [9.17, 15) is 33.2 Å². The molecule has 116 valence electrons. The topological polar surface area (TPSA) is 92.5 Å². The van der Waals surface area contributed by atoms with Gasteiger partial charge < -0.3 is 10.4 Å². The Labute approximate surface area is 125 Å². The van der Waals surface area contributed by atoms with Crippen LogP contribution in [0.2, 0.25) is 0 Å². The first kappa shape index (κ1) is 17.4. The molecule has 6 nitrogen and oxygen atoms in total. The van der Waals surface area contributed by atoms with Gasteiger partial charge in [-0.25, -0.2) is 0 Å². The fourth-order valence-electron chi connectivity index (χ4n) is 1.39. The minimum absolute atomic E-state index is 0.196. The van der Waals surface area contributed by atoms with E-state index < -0.39 is 39.5 Å². The molecule has 0 heterocycles. The van der Waals surface area contributed by atoms with E-state index in [1.165, 1.54) is 0 Å². The van der Waals surface area contributed by atoms with Crippen molar-refractivity contribution in [3.05, 3.63) is 33.9 Å². The molecule has 21 heavy (non-hydrogen) atoms. The fraction of sp³-hybridized carbons (Fsp3) is 0.364. The Hall–Kier alpha value is -1.68. The molecule has 0 spiro atoms. The van der Waals surface area contributed by atoms with Crippen LogP contribution in [0.4, 0.5) is 24.5 Å². The number of rotatable bonds is 4. The van der Waals surface area contributed by atoms with Gasteiger partial charge in [0.2, 0.25) is 0 Å². The van der Waals surface area contributed by atoms with Crippen LogP contribution in [-0.2, 0) is 11.0 Å². The number of carbonyl (C=O) groups is 1. The van der Waals surface area contributed by atoms with Crippen LogP contribution < -0.4 is 5.32 Å². The molecule has 1 amide bonds. The molecule has 0 aromatic heterocycles. The molecule has 0 aliphatic heterocycles. The number of nitrogens with zero attached hydrogens (tertiary/aromatic N) is 1. The summed E-state index contributed by atoms with van der Waals surface area (Å²) >= 11 is 2.85. The third kappa shape index (κ3) is 3.91. The molecular weight excluding hydrogens is 361 g/mol. The van der Waals surface area contributed by atoms with E-state index in [4.69, 9.17) is 0 Å². The SMILES string of the molecule is CC(O)(CBr)C(=O)Nc1cccc(C(F)(F)F)c1[N+](=O)[O-]. The number of alkyl halides is 4. The summed E-state index contributed by atoms with van der Waals surface area (Å²) in [7, 11) is 0. The summed E-state index contributed by atoms with van der Waals surface area (Å²) in [4.78, 5) is 21.3. The number of hydrogen-bond acceptors (Lipinski definition) is 4. The minimum Gasteiger partial charge on any atom is -0.379 e. The van der Waals surface area contributed by atoms with Crippen LogP contribution in [0.15, 0.2) is 18.2 Å². The lowest BCUT2D eigenvalue weighted by Gasteiger charge is -2.19. The Balaban J connectivity index is 3.32. The van der Waals surface area contributed by atoms with E-state index in [1.54, 1.807) is 0 Å². The molecule has 1 aromatic carbocycles. The van der Waals surface area contributed by atoms with Crippen LogP contribution in [-0.4, -0.2) is 26.9 Å². The van der Waals surface area contributed by atoms with Gasteiger partial charge in [-0.3, -0.25) is 14.9 Å². The normalized spacial score (nSPS) is 14.4. The first-order valence-electron chi connectivity index (χ1n) is 5.45. The van der Waals surface area contributed by atoms with Gasteiger partial charge in [0.15, 0.2) is 0 Å². The molecule has 1 atom stereocenters. The molecule has 1 aromatic rings. The third-order valence-electron chi connectivity index (χ3n) is 2.52. The Morgan fingerprint density at radius 3 is 2.48 bits per heavy atom. The van der Waals surface area contributed by atoms with Gasteiger partial charge in [0, 0.05) is 5.33 Å². The molecule has 0 aliphatic rings. The van der Waals surface area contributed by atoms with E-state index in [-0.39, 0.29) is 5.33 Å². The molecule has 0 saturated heterocycles. The first-order valence-corrected chi connectivity index (χ1v) is 6.57. The highest BCUT2D eigenvalue weighted by atomic mass is 79.9. The Bertz CT molecular complexity index is 575. The van der Waals surface area contributed by atoms with Crippen molar-refractivity contribution in [2.45, 2.75) is 18.7 Å². The largest absolute Gasteiger partial charge is 0.423 e. The molecule has 0 bridgehead atoms. The quantitative estimate of drug-likeness (QED) is 0.484. The fourth-order valence-corrected chi connectivity index (χ4v) is 1.64. The number of nitro groups is 1. The van der Waals surface area contributed by atoms with Gasteiger partial charge in [0.1, 0.15) is 16.9 Å². The zero-order valence-corrected chi connectivity index (χ0v) is 12.2. The Kier molecular flexibility index (Phi) is 4.95. The number of nitro benzene ring substituents is 1. The molecule has 0 aliphatic carbocycles. The van der Waals surface area contributed by atoms with Crippen molar-refractivity contribution in [2.24, 2.45) is 0 Å². The maximum absolute atomic E-state index is 12.8. The Morgan fingerprint density at radius 2 is 2.05 bits per heavy atom. The average Bonchev–Trinajstić information content (AvgIpc) is 2.37. The summed E-state index contributed by atoms with van der Waals surface area (Å²) in [6.07, 6.45) is -4.94. The highest BCUT2D eigenvalue weighted by Gasteiger charge is 2.40. The number of carbonyl (C=O) groups excluding carboxylic acids is 1. The van der Waals surface area contributed by atoms with E-state index in [1.807, 2.05) is 5.32 Å². The van der Waals surface area contributed by atoms with Crippen LogP contribution in [0.3, 0.4) is 0 Å². The predicted octanol–water partition coefficient (Wildman–Crippen LogP) is 2.70. The zero-order valence-electron chi connectivity index (χ0n) is 10.6. The summed E-state index contributed by atoms with van der Waals surface area (Å²) < 4.78 is 38.3. The van der Waals surface area contributed by atoms with E-state index in [0.29, 0.717) is 6.07 Å². The van der Waals surface area contributed by atoms with Crippen molar-refractivity contribution < 1.29 is 28.0 Å². The van der Waals surface area contributed by atoms with Crippen LogP contribution >= 0.6 is 15.9 Å². The summed E-state index contributed by atoms with van der Waals surface area (Å²) in [6, 6.07) is 2.42. The maximum Gasteiger partial charge on any atom is 0.423 e. The molecule has 1 unspecified atom stereocenters. The van der Waals surface area contributed by atoms with E-state index >= 15 is 0 Å². The number of hydrogen-bond donors (Lipinski definition) is 2. The molecule has 10 heteroatoms. The highest BCUT2D eigenvalue weighted by molar-refractivity contribution is 9.09. The van der Waals surface area contributed by atoms with Gasteiger partial charge in [-0.1, -0.05) is 22.0 Å². The summed E-state index contributed by atoms with van der Waals surface area (Å²) in [5.41, 5.74) is -5.32. The number of nitrogens with one attached hydrogen (secondary N) is 1. The van der Waals surface area contributed by atoms with Gasteiger partial charge in [0.25, 0.3) is 5.91 Å². The summed E-state index contributed by atoms with van der Waals surface area (Å²) in [6.45, 7) is 1.11. The number of amides is 1. The summed E-state index contributed by atoms with van der Waals surface area (Å²) in [5.74, 6) is -1.07. The van der Waals surface area contributed by atoms with Crippen molar-refractivity contribution in [2.75, 3.05) is 10.6 Å². The lowest BCUT2D eigenvalue weighted by Crippen LogP contribution is -2.41. The van der Waals surface area contributed by atoms with Gasteiger partial charge in [-0.05, 0) is 19.1 Å². The van der Waals surface area contributed by atoms with Gasteiger partial charge in [-0.15, -0.1) is 0 Å². The predicted molar refractivity (Wildman–Crippen MR) is 71.1 cm³/mol. The monoisotopic (exact) mass is 370 g/mol. The molecule has 2 N–H and O–H groups in total. The van der Waals surface area contributed by atoms with Crippen molar-refractivity contribution in [3.63, 3.8) is 0 Å². The van der Waals surface area contributed by atoms with Gasteiger partial charge in [0.05, 0.1) is 4.92 Å². The van der Waals surface area contributed by atoms with Crippen molar-refractivity contribution >= 4 is 33.2 Å². The van der Waals surface area contributed by atoms with Crippen molar-refractivity contribution in [1.29, 1.82) is 0 Å². The number of para-hydroxylation sites is 1. The molecule has 0 fully saturated rings. The van der Waals surface area contributed by atoms with Gasteiger partial charge in [-0.2, -0.15) is 13.2 Å². The highest BCUT2D eigenvalue weighted by Crippen LogP contribution is 2.40. The number of halogens is 4.